The second-order valence-corrected chi connectivity index (χ2v) is 7.48. The fraction of sp³-hybridized carbons (Fsp3) is 0.381. The molecule has 1 amide bonds. The SMILES string of the molecule is Cc1ccc(OCC(=O)N2CCCC(c3nnc4ccc(C(F)(F)F)cn34)C2)cc1. The molecule has 0 aliphatic carbocycles. The zero-order chi connectivity index (χ0) is 21.3. The van der Waals surface area contributed by atoms with Crippen LogP contribution in [0.4, 0.5) is 13.2 Å². The van der Waals surface area contributed by atoms with Gasteiger partial charge in [-0.25, -0.2) is 0 Å². The first kappa shape index (κ1) is 20.2. The molecule has 2 aromatic heterocycles. The third kappa shape index (κ3) is 4.24. The number of piperidine rings is 1. The van der Waals surface area contributed by atoms with E-state index in [2.05, 4.69) is 10.2 Å². The van der Waals surface area contributed by atoms with Crippen molar-refractivity contribution in [2.45, 2.75) is 31.9 Å². The Morgan fingerprint density at radius 3 is 2.67 bits per heavy atom. The lowest BCUT2D eigenvalue weighted by Crippen LogP contribution is -2.42. The van der Waals surface area contributed by atoms with E-state index in [1.54, 1.807) is 4.90 Å². The van der Waals surface area contributed by atoms with Crippen LogP contribution >= 0.6 is 0 Å². The number of halogens is 3. The Morgan fingerprint density at radius 2 is 1.93 bits per heavy atom. The number of ether oxygens (including phenoxy) is 1. The molecule has 0 N–H and O–H groups in total. The molecule has 9 heteroatoms. The van der Waals surface area contributed by atoms with E-state index >= 15 is 0 Å². The number of hydrogen-bond donors (Lipinski definition) is 0. The van der Waals surface area contributed by atoms with E-state index in [-0.39, 0.29) is 18.4 Å². The number of nitrogens with zero attached hydrogens (tertiary/aromatic N) is 4. The molecular formula is C21H21F3N4O2. The highest BCUT2D eigenvalue weighted by molar-refractivity contribution is 5.78. The topological polar surface area (TPSA) is 59.7 Å². The fourth-order valence-corrected chi connectivity index (χ4v) is 3.64. The molecule has 0 bridgehead atoms. The first-order chi connectivity index (χ1) is 14.3. The number of hydrogen-bond acceptors (Lipinski definition) is 4. The van der Waals surface area contributed by atoms with Crippen molar-refractivity contribution in [2.75, 3.05) is 19.7 Å². The zero-order valence-electron chi connectivity index (χ0n) is 16.4. The molecule has 30 heavy (non-hydrogen) atoms. The lowest BCUT2D eigenvalue weighted by molar-refractivity contribution is -0.138. The maximum absolute atomic E-state index is 13.1. The maximum atomic E-state index is 13.1. The quantitative estimate of drug-likeness (QED) is 0.646. The van der Waals surface area contributed by atoms with E-state index in [0.717, 1.165) is 30.7 Å². The standard InChI is InChI=1S/C21H21F3N4O2/c1-14-4-7-17(8-5-14)30-13-19(29)27-10-2-3-15(11-27)20-26-25-18-9-6-16(12-28(18)20)21(22,23)24/h4-9,12,15H,2-3,10-11,13H2,1H3. The van der Waals surface area contributed by atoms with Crippen molar-refractivity contribution in [1.82, 2.24) is 19.5 Å². The number of pyridine rings is 1. The molecule has 0 radical (unpaired) electrons. The monoisotopic (exact) mass is 418 g/mol. The first-order valence-electron chi connectivity index (χ1n) is 9.70. The summed E-state index contributed by atoms with van der Waals surface area (Å²) in [4.78, 5) is 14.3. The van der Waals surface area contributed by atoms with Crippen LogP contribution in [-0.2, 0) is 11.0 Å². The summed E-state index contributed by atoms with van der Waals surface area (Å²) in [5, 5.41) is 8.10. The minimum absolute atomic E-state index is 0.0887. The molecule has 4 rings (SSSR count). The van der Waals surface area contributed by atoms with E-state index in [9.17, 15) is 18.0 Å². The van der Waals surface area contributed by atoms with E-state index < -0.39 is 11.7 Å². The van der Waals surface area contributed by atoms with Gasteiger partial charge in [-0.3, -0.25) is 9.20 Å². The number of benzene rings is 1. The van der Waals surface area contributed by atoms with Crippen molar-refractivity contribution in [3.63, 3.8) is 0 Å². The van der Waals surface area contributed by atoms with Gasteiger partial charge in [-0.05, 0) is 44.0 Å². The summed E-state index contributed by atoms with van der Waals surface area (Å²) in [5.74, 6) is 0.698. The van der Waals surface area contributed by atoms with Crippen LogP contribution in [0.3, 0.4) is 0 Å². The molecule has 1 saturated heterocycles. The van der Waals surface area contributed by atoms with Crippen molar-refractivity contribution < 1.29 is 22.7 Å². The van der Waals surface area contributed by atoms with Crippen LogP contribution in [0, 0.1) is 6.92 Å². The predicted octanol–water partition coefficient (Wildman–Crippen LogP) is 3.84. The van der Waals surface area contributed by atoms with Crippen molar-refractivity contribution in [1.29, 1.82) is 0 Å². The molecule has 3 heterocycles. The van der Waals surface area contributed by atoms with Gasteiger partial charge in [0.05, 0.1) is 5.56 Å². The van der Waals surface area contributed by atoms with E-state index in [1.807, 2.05) is 31.2 Å². The molecule has 6 nitrogen and oxygen atoms in total. The fourth-order valence-electron chi connectivity index (χ4n) is 3.64. The Labute approximate surface area is 171 Å². The maximum Gasteiger partial charge on any atom is 0.417 e. The summed E-state index contributed by atoms with van der Waals surface area (Å²) in [6, 6.07) is 9.72. The number of rotatable bonds is 4. The summed E-state index contributed by atoms with van der Waals surface area (Å²) in [6.07, 6.45) is -1.97. The highest BCUT2D eigenvalue weighted by Gasteiger charge is 2.32. The highest BCUT2D eigenvalue weighted by Crippen LogP contribution is 2.31. The number of alkyl halides is 3. The molecule has 1 fully saturated rings. The molecule has 1 aliphatic rings. The van der Waals surface area contributed by atoms with Crippen LogP contribution in [-0.4, -0.2) is 45.1 Å². The van der Waals surface area contributed by atoms with Gasteiger partial charge in [-0.15, -0.1) is 10.2 Å². The molecule has 158 valence electrons. The van der Waals surface area contributed by atoms with Gasteiger partial charge >= 0.3 is 6.18 Å². The minimum Gasteiger partial charge on any atom is -0.484 e. The van der Waals surface area contributed by atoms with Gasteiger partial charge in [0.1, 0.15) is 11.6 Å². The Morgan fingerprint density at radius 1 is 1.17 bits per heavy atom. The van der Waals surface area contributed by atoms with Crippen molar-refractivity contribution in [3.05, 3.63) is 59.5 Å². The van der Waals surface area contributed by atoms with Crippen LogP contribution in [0.1, 0.15) is 35.7 Å². The third-order valence-corrected chi connectivity index (χ3v) is 5.28. The second kappa shape index (κ2) is 7.97. The number of carbonyl (C=O) groups is 1. The largest absolute Gasteiger partial charge is 0.484 e. The normalized spacial score (nSPS) is 17.3. The smallest absolute Gasteiger partial charge is 0.417 e. The number of amides is 1. The van der Waals surface area contributed by atoms with E-state index in [1.165, 1.54) is 10.5 Å². The summed E-state index contributed by atoms with van der Waals surface area (Å²) < 4.78 is 46.2. The number of fused-ring (bicyclic) bond motifs is 1. The van der Waals surface area contributed by atoms with Crippen molar-refractivity contribution in [3.8, 4) is 5.75 Å². The Balaban J connectivity index is 1.47. The Kier molecular flexibility index (Phi) is 5.36. The molecular weight excluding hydrogens is 397 g/mol. The molecule has 0 spiro atoms. The number of carbonyl (C=O) groups excluding carboxylic acids is 1. The van der Waals surface area contributed by atoms with E-state index in [4.69, 9.17) is 4.74 Å². The number of aromatic nitrogens is 3. The van der Waals surface area contributed by atoms with Gasteiger partial charge in [0.15, 0.2) is 12.3 Å². The van der Waals surface area contributed by atoms with Crippen LogP contribution in [0.2, 0.25) is 0 Å². The average Bonchev–Trinajstić information content (AvgIpc) is 3.16. The third-order valence-electron chi connectivity index (χ3n) is 5.28. The molecule has 3 aromatic rings. The summed E-state index contributed by atoms with van der Waals surface area (Å²) in [7, 11) is 0. The molecule has 1 atom stereocenters. The lowest BCUT2D eigenvalue weighted by Gasteiger charge is -2.32. The Bertz CT molecular complexity index is 1050. The van der Waals surface area contributed by atoms with Gasteiger partial charge in [0, 0.05) is 25.2 Å². The molecule has 0 saturated carbocycles. The van der Waals surface area contributed by atoms with Gasteiger partial charge in [0.25, 0.3) is 5.91 Å². The first-order valence-corrected chi connectivity index (χ1v) is 9.70. The second-order valence-electron chi connectivity index (χ2n) is 7.48. The van der Waals surface area contributed by atoms with Crippen LogP contribution < -0.4 is 4.74 Å². The number of likely N-dealkylation sites (tertiary alicyclic amines) is 1. The van der Waals surface area contributed by atoms with Gasteiger partial charge < -0.3 is 9.64 Å². The summed E-state index contributed by atoms with van der Waals surface area (Å²) >= 11 is 0. The van der Waals surface area contributed by atoms with Crippen molar-refractivity contribution in [2.24, 2.45) is 0 Å². The summed E-state index contributed by atoms with van der Waals surface area (Å²) in [6.45, 7) is 2.83. The zero-order valence-corrected chi connectivity index (χ0v) is 16.4. The molecule has 1 aliphatic heterocycles. The van der Waals surface area contributed by atoms with Gasteiger partial charge in [0.2, 0.25) is 0 Å². The van der Waals surface area contributed by atoms with Crippen LogP contribution in [0.25, 0.3) is 5.65 Å². The van der Waals surface area contributed by atoms with Gasteiger partial charge in [-0.2, -0.15) is 13.2 Å². The number of aryl methyl sites for hydroxylation is 1. The van der Waals surface area contributed by atoms with Crippen LogP contribution in [0.15, 0.2) is 42.6 Å². The average molecular weight is 418 g/mol. The Hall–Kier alpha value is -3.10. The highest BCUT2D eigenvalue weighted by atomic mass is 19.4. The molecule has 1 aromatic carbocycles. The van der Waals surface area contributed by atoms with Crippen LogP contribution in [0.5, 0.6) is 5.75 Å². The lowest BCUT2D eigenvalue weighted by atomic mass is 9.97. The predicted molar refractivity (Wildman–Crippen MR) is 103 cm³/mol. The van der Waals surface area contributed by atoms with Gasteiger partial charge in [-0.1, -0.05) is 17.7 Å². The minimum atomic E-state index is -4.45. The van der Waals surface area contributed by atoms with Crippen molar-refractivity contribution >= 4 is 11.6 Å². The van der Waals surface area contributed by atoms with E-state index in [0.29, 0.717) is 30.3 Å². The molecule has 1 unspecified atom stereocenters. The summed E-state index contributed by atoms with van der Waals surface area (Å²) in [5.41, 5.74) is 0.692.